The Morgan fingerprint density at radius 2 is 2.38 bits per heavy atom. The summed E-state index contributed by atoms with van der Waals surface area (Å²) in [6.07, 6.45) is 1.38. The number of rotatable bonds is 1. The van der Waals surface area contributed by atoms with Gasteiger partial charge in [0, 0.05) is 6.54 Å². The van der Waals surface area contributed by atoms with E-state index in [1.54, 1.807) is 0 Å². The lowest BCUT2D eigenvalue weighted by Crippen LogP contribution is -2.44. The Morgan fingerprint density at radius 3 is 3.00 bits per heavy atom. The summed E-state index contributed by atoms with van der Waals surface area (Å²) in [5.41, 5.74) is -0.479. The van der Waals surface area contributed by atoms with Crippen molar-refractivity contribution in [2.75, 3.05) is 6.54 Å². The number of carbonyl (C=O) groups is 1. The van der Waals surface area contributed by atoms with E-state index in [4.69, 9.17) is 27.9 Å². The summed E-state index contributed by atoms with van der Waals surface area (Å²) in [5.74, 6) is -0.193. The zero-order chi connectivity index (χ0) is 9.64. The zero-order valence-corrected chi connectivity index (χ0v) is 8.81. The van der Waals surface area contributed by atoms with E-state index in [0.717, 1.165) is 19.4 Å². The van der Waals surface area contributed by atoms with E-state index in [1.165, 1.54) is 0 Å². The van der Waals surface area contributed by atoms with Crippen LogP contribution in [0.25, 0.3) is 0 Å². The molecule has 0 N–H and O–H groups in total. The Morgan fingerprint density at radius 1 is 1.69 bits per heavy atom. The maximum absolute atomic E-state index is 11.5. The van der Waals surface area contributed by atoms with Crippen LogP contribution in [-0.4, -0.2) is 34.0 Å². The predicted molar refractivity (Wildman–Crippen MR) is 49.7 cm³/mol. The Bertz CT molecular complexity index is 246. The fraction of sp³-hybridized carbons (Fsp3) is 0.875. The molecule has 5 heteroatoms. The van der Waals surface area contributed by atoms with Gasteiger partial charge in [-0.3, -0.25) is 4.90 Å². The minimum absolute atomic E-state index is 0.193. The average Bonchev–Trinajstić information content (AvgIpc) is 2.51. The van der Waals surface area contributed by atoms with Gasteiger partial charge >= 0.3 is 5.97 Å². The Labute approximate surface area is 86.9 Å². The molecule has 0 unspecified atom stereocenters. The molecule has 0 aromatic rings. The van der Waals surface area contributed by atoms with Gasteiger partial charge in [0.2, 0.25) is 0 Å². The van der Waals surface area contributed by atoms with Gasteiger partial charge in [-0.1, -0.05) is 23.2 Å². The number of hydrogen-bond donors (Lipinski definition) is 0. The highest BCUT2D eigenvalue weighted by atomic mass is 35.5. The molecular weight excluding hydrogens is 213 g/mol. The third kappa shape index (κ3) is 1.25. The molecule has 2 aliphatic rings. The van der Waals surface area contributed by atoms with Crippen molar-refractivity contribution < 1.29 is 9.53 Å². The van der Waals surface area contributed by atoms with Crippen LogP contribution >= 0.6 is 23.2 Å². The van der Waals surface area contributed by atoms with Gasteiger partial charge in [-0.05, 0) is 19.8 Å². The van der Waals surface area contributed by atoms with Crippen LogP contribution in [0.3, 0.4) is 0 Å². The van der Waals surface area contributed by atoms with Crippen LogP contribution in [0.5, 0.6) is 0 Å². The van der Waals surface area contributed by atoms with Gasteiger partial charge in [0.1, 0.15) is 5.54 Å². The SMILES string of the molecule is C[C@@]12CCCN1[C@@H](C(Cl)Cl)OC2=O. The largest absolute Gasteiger partial charge is 0.442 e. The van der Waals surface area contributed by atoms with Crippen LogP contribution in [0.15, 0.2) is 0 Å². The first-order valence-corrected chi connectivity index (χ1v) is 5.19. The molecule has 2 rings (SSSR count). The summed E-state index contributed by atoms with van der Waals surface area (Å²) in [7, 11) is 0. The number of nitrogens with zero attached hydrogens (tertiary/aromatic N) is 1. The lowest BCUT2D eigenvalue weighted by Gasteiger charge is -2.25. The van der Waals surface area contributed by atoms with Gasteiger partial charge in [0.05, 0.1) is 0 Å². The normalized spacial score (nSPS) is 39.7. The molecule has 2 saturated heterocycles. The quantitative estimate of drug-likeness (QED) is 0.499. The van der Waals surface area contributed by atoms with Crippen LogP contribution in [0.4, 0.5) is 0 Å². The fourth-order valence-electron chi connectivity index (χ4n) is 2.10. The average molecular weight is 224 g/mol. The number of fused-ring (bicyclic) bond motifs is 1. The van der Waals surface area contributed by atoms with Crippen molar-refractivity contribution in [2.45, 2.75) is 36.4 Å². The molecule has 13 heavy (non-hydrogen) atoms. The van der Waals surface area contributed by atoms with Crippen molar-refractivity contribution in [2.24, 2.45) is 0 Å². The Hall–Kier alpha value is 0.01000. The summed E-state index contributed by atoms with van der Waals surface area (Å²) in [6, 6.07) is 0. The Balaban J connectivity index is 2.26. The second kappa shape index (κ2) is 3.01. The smallest absolute Gasteiger partial charge is 0.328 e. The summed E-state index contributed by atoms with van der Waals surface area (Å²) in [6.45, 7) is 2.72. The molecule has 2 fully saturated rings. The number of ether oxygens (including phenoxy) is 1. The molecule has 2 heterocycles. The van der Waals surface area contributed by atoms with Crippen molar-refractivity contribution in [3.63, 3.8) is 0 Å². The molecule has 74 valence electrons. The van der Waals surface area contributed by atoms with E-state index in [0.29, 0.717) is 0 Å². The maximum atomic E-state index is 11.5. The number of esters is 1. The number of alkyl halides is 2. The Kier molecular flexibility index (Phi) is 2.21. The minimum atomic E-state index is -0.663. The molecule has 0 aliphatic carbocycles. The van der Waals surface area contributed by atoms with E-state index in [1.807, 2.05) is 11.8 Å². The topological polar surface area (TPSA) is 29.5 Å². The number of hydrogen-bond acceptors (Lipinski definition) is 3. The third-order valence-corrected chi connectivity index (χ3v) is 3.32. The lowest BCUT2D eigenvalue weighted by molar-refractivity contribution is -0.144. The van der Waals surface area contributed by atoms with Gasteiger partial charge in [0.15, 0.2) is 11.1 Å². The zero-order valence-electron chi connectivity index (χ0n) is 7.30. The molecule has 0 aromatic carbocycles. The summed E-state index contributed by atoms with van der Waals surface area (Å²) in [4.78, 5) is 12.8. The first kappa shape index (κ1) is 9.56. The van der Waals surface area contributed by atoms with Crippen LogP contribution in [0.1, 0.15) is 19.8 Å². The van der Waals surface area contributed by atoms with E-state index in [2.05, 4.69) is 0 Å². The van der Waals surface area contributed by atoms with Crippen LogP contribution in [-0.2, 0) is 9.53 Å². The summed E-state index contributed by atoms with van der Waals surface area (Å²) in [5, 5.41) is 0. The van der Waals surface area contributed by atoms with Gasteiger partial charge in [-0.25, -0.2) is 4.79 Å². The molecule has 0 bridgehead atoms. The van der Waals surface area contributed by atoms with Gasteiger partial charge in [-0.15, -0.1) is 0 Å². The maximum Gasteiger partial charge on any atom is 0.328 e. The van der Waals surface area contributed by atoms with E-state index in [9.17, 15) is 4.79 Å². The lowest BCUT2D eigenvalue weighted by atomic mass is 10.0. The number of carbonyl (C=O) groups excluding carboxylic acids is 1. The molecule has 0 aromatic heterocycles. The standard InChI is InChI=1S/C8H11Cl2NO2/c1-8-3-2-4-11(8)6(5(9)10)13-7(8)12/h5-6H,2-4H2,1H3/t6-,8+/m1/s1. The number of halogens is 2. The van der Waals surface area contributed by atoms with Crippen molar-refractivity contribution in [1.82, 2.24) is 4.90 Å². The van der Waals surface area contributed by atoms with Gasteiger partial charge < -0.3 is 4.74 Å². The fourth-order valence-corrected chi connectivity index (χ4v) is 2.47. The number of cyclic esters (lactones) is 1. The molecule has 0 spiro atoms. The first-order chi connectivity index (χ1) is 6.05. The molecule has 3 nitrogen and oxygen atoms in total. The molecule has 2 aliphatic heterocycles. The highest BCUT2D eigenvalue weighted by Gasteiger charge is 2.56. The molecule has 0 amide bonds. The van der Waals surface area contributed by atoms with Crippen molar-refractivity contribution in [3.8, 4) is 0 Å². The predicted octanol–water partition coefficient (Wildman–Crippen LogP) is 1.53. The summed E-state index contributed by atoms with van der Waals surface area (Å²) < 4.78 is 5.12. The van der Waals surface area contributed by atoms with Crippen molar-refractivity contribution >= 4 is 29.2 Å². The van der Waals surface area contributed by atoms with E-state index < -0.39 is 16.6 Å². The van der Waals surface area contributed by atoms with Crippen molar-refractivity contribution in [3.05, 3.63) is 0 Å². The molecule has 0 radical (unpaired) electrons. The van der Waals surface area contributed by atoms with E-state index >= 15 is 0 Å². The van der Waals surface area contributed by atoms with Crippen molar-refractivity contribution in [1.29, 1.82) is 0 Å². The highest BCUT2D eigenvalue weighted by molar-refractivity contribution is 6.44. The highest BCUT2D eigenvalue weighted by Crippen LogP contribution is 2.40. The molecule has 0 saturated carbocycles. The van der Waals surface area contributed by atoms with Crippen LogP contribution < -0.4 is 0 Å². The van der Waals surface area contributed by atoms with Gasteiger partial charge in [0.25, 0.3) is 0 Å². The van der Waals surface area contributed by atoms with Crippen LogP contribution in [0.2, 0.25) is 0 Å². The second-order valence-corrected chi connectivity index (χ2v) is 4.86. The van der Waals surface area contributed by atoms with E-state index in [-0.39, 0.29) is 5.97 Å². The second-order valence-electron chi connectivity index (χ2n) is 3.70. The third-order valence-electron chi connectivity index (χ3n) is 2.89. The monoisotopic (exact) mass is 223 g/mol. The van der Waals surface area contributed by atoms with Gasteiger partial charge in [-0.2, -0.15) is 0 Å². The van der Waals surface area contributed by atoms with Crippen LogP contribution in [0, 0.1) is 0 Å². The molecule has 2 atom stereocenters. The molecular formula is C8H11Cl2NO2. The summed E-state index contributed by atoms with van der Waals surface area (Å²) >= 11 is 11.4. The first-order valence-electron chi connectivity index (χ1n) is 4.32. The minimum Gasteiger partial charge on any atom is -0.442 e.